The summed E-state index contributed by atoms with van der Waals surface area (Å²) in [6, 6.07) is 3.76. The molecule has 0 fully saturated rings. The monoisotopic (exact) mass is 244 g/mol. The van der Waals surface area contributed by atoms with E-state index in [2.05, 4.69) is 15.4 Å². The summed E-state index contributed by atoms with van der Waals surface area (Å²) >= 11 is 0. The van der Waals surface area contributed by atoms with E-state index in [0.717, 1.165) is 17.0 Å². The van der Waals surface area contributed by atoms with Crippen LogP contribution in [0.25, 0.3) is 11.4 Å². The van der Waals surface area contributed by atoms with E-state index in [4.69, 9.17) is 10.2 Å². The Labute approximate surface area is 103 Å². The van der Waals surface area contributed by atoms with Crippen LogP contribution in [0.4, 0.5) is 5.82 Å². The second kappa shape index (κ2) is 4.02. The Hall–Kier alpha value is -2.57. The first-order valence-corrected chi connectivity index (χ1v) is 5.44. The predicted octanol–water partition coefficient (Wildman–Crippen LogP) is 0.902. The van der Waals surface area contributed by atoms with Crippen LogP contribution in [0.3, 0.4) is 0 Å². The largest absolute Gasteiger partial charge is 0.472 e. The van der Waals surface area contributed by atoms with Gasteiger partial charge in [-0.2, -0.15) is 5.10 Å². The highest BCUT2D eigenvalue weighted by Gasteiger charge is 2.15. The zero-order valence-electron chi connectivity index (χ0n) is 9.82. The SMILES string of the molecule is Cn1nccc1-c1c(N)nnn1Cc1ccoc1. The lowest BCUT2D eigenvalue weighted by Gasteiger charge is -2.05. The molecule has 0 aliphatic heterocycles. The van der Waals surface area contributed by atoms with E-state index in [1.807, 2.05) is 19.2 Å². The average molecular weight is 244 g/mol. The smallest absolute Gasteiger partial charge is 0.175 e. The van der Waals surface area contributed by atoms with E-state index in [9.17, 15) is 0 Å². The Balaban J connectivity index is 2.04. The van der Waals surface area contributed by atoms with E-state index in [-0.39, 0.29) is 0 Å². The van der Waals surface area contributed by atoms with E-state index < -0.39 is 0 Å². The van der Waals surface area contributed by atoms with Crippen molar-refractivity contribution in [3.63, 3.8) is 0 Å². The lowest BCUT2D eigenvalue weighted by atomic mass is 10.3. The lowest BCUT2D eigenvalue weighted by Crippen LogP contribution is -2.06. The second-order valence-corrected chi connectivity index (χ2v) is 3.95. The third-order valence-electron chi connectivity index (χ3n) is 2.74. The van der Waals surface area contributed by atoms with Crippen molar-refractivity contribution >= 4 is 5.82 Å². The van der Waals surface area contributed by atoms with Crippen molar-refractivity contribution in [3.8, 4) is 11.4 Å². The van der Waals surface area contributed by atoms with Crippen LogP contribution < -0.4 is 5.73 Å². The molecule has 3 heterocycles. The number of nitrogen functional groups attached to an aromatic ring is 1. The molecule has 0 atom stereocenters. The van der Waals surface area contributed by atoms with Crippen molar-refractivity contribution in [1.29, 1.82) is 0 Å². The molecule has 3 aromatic rings. The van der Waals surface area contributed by atoms with Gasteiger partial charge in [0.25, 0.3) is 0 Å². The average Bonchev–Trinajstić information content (AvgIpc) is 3.04. The first-order valence-electron chi connectivity index (χ1n) is 5.44. The number of furan rings is 1. The van der Waals surface area contributed by atoms with Gasteiger partial charge in [0.1, 0.15) is 5.69 Å². The van der Waals surface area contributed by atoms with Crippen LogP contribution in [0.5, 0.6) is 0 Å². The van der Waals surface area contributed by atoms with Crippen LogP contribution in [0.15, 0.2) is 35.3 Å². The van der Waals surface area contributed by atoms with Gasteiger partial charge in [-0.15, -0.1) is 5.10 Å². The molecule has 0 spiro atoms. The number of rotatable bonds is 3. The molecule has 0 aliphatic carbocycles. The molecule has 2 N–H and O–H groups in total. The maximum Gasteiger partial charge on any atom is 0.175 e. The topological polar surface area (TPSA) is 87.7 Å². The minimum absolute atomic E-state index is 0.391. The number of hydrogen-bond donors (Lipinski definition) is 1. The molecular formula is C11H12N6O. The van der Waals surface area contributed by atoms with E-state index in [1.165, 1.54) is 0 Å². The minimum Gasteiger partial charge on any atom is -0.472 e. The highest BCUT2D eigenvalue weighted by atomic mass is 16.3. The molecule has 18 heavy (non-hydrogen) atoms. The Kier molecular flexibility index (Phi) is 2.36. The second-order valence-electron chi connectivity index (χ2n) is 3.95. The zero-order chi connectivity index (χ0) is 12.5. The summed E-state index contributed by atoms with van der Waals surface area (Å²) < 4.78 is 8.51. The number of nitrogens with zero attached hydrogens (tertiary/aromatic N) is 5. The van der Waals surface area contributed by atoms with E-state index in [0.29, 0.717) is 12.4 Å². The number of aromatic nitrogens is 5. The fraction of sp³-hybridized carbons (Fsp3) is 0.182. The standard InChI is InChI=1S/C11H12N6O/c1-16-9(2-4-13-16)10-11(12)14-15-17(10)6-8-3-5-18-7-8/h2-5,7H,6,12H2,1H3. The van der Waals surface area contributed by atoms with Gasteiger partial charge >= 0.3 is 0 Å². The molecular weight excluding hydrogens is 232 g/mol. The number of hydrogen-bond acceptors (Lipinski definition) is 5. The molecule has 7 heteroatoms. The molecule has 0 bridgehead atoms. The highest BCUT2D eigenvalue weighted by Crippen LogP contribution is 2.23. The van der Waals surface area contributed by atoms with Crippen molar-refractivity contribution in [1.82, 2.24) is 24.8 Å². The minimum atomic E-state index is 0.391. The van der Waals surface area contributed by atoms with Crippen molar-refractivity contribution in [2.75, 3.05) is 5.73 Å². The molecule has 0 aliphatic rings. The summed E-state index contributed by atoms with van der Waals surface area (Å²) in [6.07, 6.45) is 5.01. The van der Waals surface area contributed by atoms with Gasteiger partial charge in [-0.1, -0.05) is 5.21 Å². The third-order valence-corrected chi connectivity index (χ3v) is 2.74. The summed E-state index contributed by atoms with van der Waals surface area (Å²) in [6.45, 7) is 0.557. The van der Waals surface area contributed by atoms with E-state index >= 15 is 0 Å². The fourth-order valence-electron chi connectivity index (χ4n) is 1.86. The van der Waals surface area contributed by atoms with Crippen LogP contribution in [-0.2, 0) is 13.6 Å². The van der Waals surface area contributed by atoms with Gasteiger partial charge in [-0.25, -0.2) is 4.68 Å². The molecule has 92 valence electrons. The molecule has 0 amide bonds. The van der Waals surface area contributed by atoms with Crippen molar-refractivity contribution < 1.29 is 4.42 Å². The molecule has 7 nitrogen and oxygen atoms in total. The van der Waals surface area contributed by atoms with Gasteiger partial charge in [0.15, 0.2) is 5.82 Å². The Morgan fingerprint density at radius 3 is 2.94 bits per heavy atom. The van der Waals surface area contributed by atoms with Crippen LogP contribution in [0.1, 0.15) is 5.56 Å². The zero-order valence-corrected chi connectivity index (χ0v) is 9.82. The molecule has 3 rings (SSSR count). The van der Waals surface area contributed by atoms with Gasteiger partial charge in [0.05, 0.1) is 24.8 Å². The Morgan fingerprint density at radius 2 is 2.28 bits per heavy atom. The van der Waals surface area contributed by atoms with Crippen LogP contribution >= 0.6 is 0 Å². The molecule has 3 aromatic heterocycles. The summed E-state index contributed by atoms with van der Waals surface area (Å²) in [4.78, 5) is 0. The van der Waals surface area contributed by atoms with Gasteiger partial charge in [0, 0.05) is 18.8 Å². The number of anilines is 1. The van der Waals surface area contributed by atoms with Crippen molar-refractivity contribution in [3.05, 3.63) is 36.4 Å². The molecule has 0 aromatic carbocycles. The van der Waals surface area contributed by atoms with Crippen LogP contribution in [0.2, 0.25) is 0 Å². The fourth-order valence-corrected chi connectivity index (χ4v) is 1.86. The quantitative estimate of drug-likeness (QED) is 0.739. The van der Waals surface area contributed by atoms with Gasteiger partial charge in [-0.3, -0.25) is 4.68 Å². The Bertz CT molecular complexity index is 651. The summed E-state index contributed by atoms with van der Waals surface area (Å²) in [5.74, 6) is 0.391. The summed E-state index contributed by atoms with van der Waals surface area (Å²) in [7, 11) is 1.85. The number of aryl methyl sites for hydroxylation is 1. The van der Waals surface area contributed by atoms with Crippen LogP contribution in [-0.4, -0.2) is 24.8 Å². The van der Waals surface area contributed by atoms with Gasteiger partial charge in [-0.05, 0) is 12.1 Å². The molecule has 0 unspecified atom stereocenters. The molecule has 0 radical (unpaired) electrons. The summed E-state index contributed by atoms with van der Waals surface area (Å²) in [5.41, 5.74) is 8.51. The maximum absolute atomic E-state index is 5.87. The first kappa shape index (κ1) is 10.6. The number of nitrogens with two attached hydrogens (primary N) is 1. The lowest BCUT2D eigenvalue weighted by molar-refractivity contribution is 0.558. The van der Waals surface area contributed by atoms with Crippen molar-refractivity contribution in [2.24, 2.45) is 7.05 Å². The van der Waals surface area contributed by atoms with Crippen molar-refractivity contribution in [2.45, 2.75) is 6.54 Å². The van der Waals surface area contributed by atoms with E-state index in [1.54, 1.807) is 28.1 Å². The molecule has 0 saturated carbocycles. The van der Waals surface area contributed by atoms with Gasteiger partial charge in [0.2, 0.25) is 0 Å². The normalized spacial score (nSPS) is 10.9. The van der Waals surface area contributed by atoms with Gasteiger partial charge < -0.3 is 10.2 Å². The first-order chi connectivity index (χ1) is 8.75. The summed E-state index contributed by atoms with van der Waals surface area (Å²) in [5, 5.41) is 12.1. The van der Waals surface area contributed by atoms with Crippen LogP contribution in [0, 0.1) is 0 Å². The highest BCUT2D eigenvalue weighted by molar-refractivity contribution is 5.66. The molecule has 0 saturated heterocycles. The maximum atomic E-state index is 5.87. The third kappa shape index (κ3) is 1.65. The predicted molar refractivity (Wildman–Crippen MR) is 64.4 cm³/mol. The Morgan fingerprint density at radius 1 is 1.39 bits per heavy atom.